The van der Waals surface area contributed by atoms with Crippen LogP contribution in [0.2, 0.25) is 0 Å². The van der Waals surface area contributed by atoms with E-state index in [0.29, 0.717) is 45.6 Å². The summed E-state index contributed by atoms with van der Waals surface area (Å²) in [6.45, 7) is 1.54. The van der Waals surface area contributed by atoms with Crippen molar-refractivity contribution in [3.63, 3.8) is 0 Å². The molecule has 7 heteroatoms. The van der Waals surface area contributed by atoms with Crippen molar-refractivity contribution in [2.24, 2.45) is 0 Å². The van der Waals surface area contributed by atoms with E-state index in [9.17, 15) is 29.4 Å². The smallest absolute Gasteiger partial charge is 0.253 e. The minimum absolute atomic E-state index is 0.0169. The highest BCUT2D eigenvalue weighted by atomic mass is 16.3. The second-order valence-electron chi connectivity index (χ2n) is 11.0. The van der Waals surface area contributed by atoms with Crippen molar-refractivity contribution in [2.75, 3.05) is 14.1 Å². The van der Waals surface area contributed by atoms with E-state index in [4.69, 9.17) is 0 Å². The van der Waals surface area contributed by atoms with Crippen molar-refractivity contribution in [1.82, 2.24) is 4.90 Å². The highest BCUT2D eigenvalue weighted by molar-refractivity contribution is 6.03. The van der Waals surface area contributed by atoms with E-state index in [0.717, 1.165) is 33.0 Å². The first kappa shape index (κ1) is 31.3. The summed E-state index contributed by atoms with van der Waals surface area (Å²) in [6.07, 6.45) is 1.33. The van der Waals surface area contributed by atoms with Crippen molar-refractivity contribution < 1.29 is 29.4 Å². The molecule has 1 amide bonds. The minimum atomic E-state index is -0.0360. The Hall–Kier alpha value is -6.08. The summed E-state index contributed by atoms with van der Waals surface area (Å²) in [4.78, 5) is 47.2. The van der Waals surface area contributed by atoms with Gasteiger partial charge >= 0.3 is 0 Å². The Morgan fingerprint density at radius 1 is 0.565 bits per heavy atom. The molecule has 0 bridgehead atoms. The van der Waals surface area contributed by atoms with E-state index < -0.39 is 0 Å². The van der Waals surface area contributed by atoms with Crippen LogP contribution in [0.15, 0.2) is 109 Å². The number of hydrogen-bond donors (Lipinski definition) is 2. The first-order valence-corrected chi connectivity index (χ1v) is 14.5. The summed E-state index contributed by atoms with van der Waals surface area (Å²) in [6, 6.07) is 32.8. The van der Waals surface area contributed by atoms with E-state index in [2.05, 4.69) is 0 Å². The average molecular weight is 610 g/mol. The van der Waals surface area contributed by atoms with Gasteiger partial charge in [-0.2, -0.15) is 0 Å². The van der Waals surface area contributed by atoms with Gasteiger partial charge in [0.2, 0.25) is 0 Å². The molecule has 7 nitrogen and oxygen atoms in total. The minimum Gasteiger partial charge on any atom is -0.507 e. The first-order valence-electron chi connectivity index (χ1n) is 14.5. The third kappa shape index (κ3) is 6.39. The number of fused-ring (bicyclic) bond motifs is 2. The molecule has 2 N–H and O–H groups in total. The number of carbonyl (C=O) groups excluding carboxylic acids is 4. The number of benzene rings is 6. The number of phenols is 2. The molecule has 0 atom stereocenters. The van der Waals surface area contributed by atoms with E-state index >= 15 is 0 Å². The molecule has 0 heterocycles. The number of hydrogen-bond acceptors (Lipinski definition) is 6. The van der Waals surface area contributed by atoms with Crippen LogP contribution < -0.4 is 0 Å². The number of aldehydes is 2. The van der Waals surface area contributed by atoms with Gasteiger partial charge in [0.15, 0.2) is 18.4 Å². The third-order valence-corrected chi connectivity index (χ3v) is 7.79. The number of Topliss-reactive ketones (excluding diaryl/α,β-unsaturated/α-hetero) is 1. The Labute approximate surface area is 266 Å². The molecule has 228 valence electrons. The molecule has 0 radical (unpaired) electrons. The SMILES string of the molecule is CC(=O)c1cccc(-c2ccc3c(C=O)c(O)ccc3c2)c1.CN(C)C(=O)c1ccc(-c2ccc3c(C=O)c(O)ccc3c2)cc1. The predicted molar refractivity (Wildman–Crippen MR) is 181 cm³/mol. The van der Waals surface area contributed by atoms with Crippen LogP contribution >= 0.6 is 0 Å². The highest BCUT2D eigenvalue weighted by Crippen LogP contribution is 2.31. The van der Waals surface area contributed by atoms with Gasteiger partial charge in [-0.3, -0.25) is 19.2 Å². The normalized spacial score (nSPS) is 10.6. The molecular formula is C39H31NO6. The molecule has 0 saturated heterocycles. The molecule has 0 saturated carbocycles. The van der Waals surface area contributed by atoms with Crippen LogP contribution in [-0.2, 0) is 0 Å². The number of ketones is 1. The Balaban J connectivity index is 0.000000182. The van der Waals surface area contributed by atoms with Gasteiger partial charge in [0.1, 0.15) is 11.5 Å². The van der Waals surface area contributed by atoms with Crippen molar-refractivity contribution >= 4 is 45.8 Å². The van der Waals surface area contributed by atoms with Crippen molar-refractivity contribution in [3.05, 3.63) is 131 Å². The van der Waals surface area contributed by atoms with Crippen LogP contribution in [-0.4, -0.2) is 53.5 Å². The maximum Gasteiger partial charge on any atom is 0.253 e. The molecular weight excluding hydrogens is 578 g/mol. The van der Waals surface area contributed by atoms with Crippen molar-refractivity contribution in [1.29, 1.82) is 0 Å². The Morgan fingerprint density at radius 2 is 1.04 bits per heavy atom. The van der Waals surface area contributed by atoms with Crippen LogP contribution in [0.1, 0.15) is 48.4 Å². The molecule has 0 unspecified atom stereocenters. The average Bonchev–Trinajstić information content (AvgIpc) is 3.08. The summed E-state index contributed by atoms with van der Waals surface area (Å²) >= 11 is 0. The van der Waals surface area contributed by atoms with Crippen LogP contribution in [0.3, 0.4) is 0 Å². The fourth-order valence-electron chi connectivity index (χ4n) is 5.27. The van der Waals surface area contributed by atoms with Gasteiger partial charge in [-0.15, -0.1) is 0 Å². The van der Waals surface area contributed by atoms with E-state index in [1.165, 1.54) is 12.1 Å². The van der Waals surface area contributed by atoms with Gasteiger partial charge in [-0.25, -0.2) is 0 Å². The second-order valence-corrected chi connectivity index (χ2v) is 11.0. The van der Waals surface area contributed by atoms with E-state index in [-0.39, 0.29) is 23.2 Å². The van der Waals surface area contributed by atoms with Crippen LogP contribution in [0.25, 0.3) is 43.8 Å². The number of phenolic OH excluding ortho intramolecular Hbond substituents is 2. The molecule has 6 aromatic rings. The number of aromatic hydroxyl groups is 2. The van der Waals surface area contributed by atoms with E-state index in [1.54, 1.807) is 56.3 Å². The van der Waals surface area contributed by atoms with Crippen LogP contribution in [0.5, 0.6) is 11.5 Å². The highest BCUT2D eigenvalue weighted by Gasteiger charge is 2.11. The standard InChI is InChI=1S/C20H17NO3.C19H14O3/c1-21(2)20(24)14-5-3-13(4-6-14)15-7-9-17-16(11-15)8-10-19(23)18(17)12-22;1-12(21)13-3-2-4-14(9-13)15-5-7-17-16(10-15)6-8-19(22)18(17)11-20/h3-12,23H,1-2H3;2-11,22H,1H3. The lowest BCUT2D eigenvalue weighted by Crippen LogP contribution is -2.21. The first-order chi connectivity index (χ1) is 22.1. The topological polar surface area (TPSA) is 112 Å². The van der Waals surface area contributed by atoms with Gasteiger partial charge in [0.05, 0.1) is 11.1 Å². The van der Waals surface area contributed by atoms with Crippen molar-refractivity contribution in [3.8, 4) is 33.8 Å². The quantitative estimate of drug-likeness (QED) is 0.146. The molecule has 0 fully saturated rings. The van der Waals surface area contributed by atoms with Gasteiger partial charge in [0.25, 0.3) is 5.91 Å². The Bertz CT molecular complexity index is 2130. The number of nitrogens with zero attached hydrogens (tertiary/aromatic N) is 1. The fourth-order valence-corrected chi connectivity index (χ4v) is 5.27. The lowest BCUT2D eigenvalue weighted by atomic mass is 9.97. The van der Waals surface area contributed by atoms with Gasteiger partial charge < -0.3 is 15.1 Å². The predicted octanol–water partition coefficient (Wildman–Crippen LogP) is 7.95. The summed E-state index contributed by atoms with van der Waals surface area (Å²) in [5.74, 6) is -0.0485. The van der Waals surface area contributed by atoms with E-state index in [1.807, 2.05) is 66.7 Å². The Kier molecular flexibility index (Phi) is 9.05. The van der Waals surface area contributed by atoms with Gasteiger partial charge in [-0.1, -0.05) is 66.7 Å². The molecule has 0 spiro atoms. The molecule has 0 aromatic heterocycles. The molecule has 6 rings (SSSR count). The Morgan fingerprint density at radius 3 is 1.52 bits per heavy atom. The number of carbonyl (C=O) groups is 4. The zero-order valence-electron chi connectivity index (χ0n) is 25.5. The summed E-state index contributed by atoms with van der Waals surface area (Å²) in [5, 5.41) is 22.6. The zero-order valence-corrected chi connectivity index (χ0v) is 25.5. The molecule has 46 heavy (non-hydrogen) atoms. The summed E-state index contributed by atoms with van der Waals surface area (Å²) < 4.78 is 0. The molecule has 0 aliphatic carbocycles. The van der Waals surface area contributed by atoms with Gasteiger partial charge in [-0.05, 0) is 93.2 Å². The second kappa shape index (κ2) is 13.3. The number of amides is 1. The maximum absolute atomic E-state index is 11.9. The number of rotatable bonds is 6. The summed E-state index contributed by atoms with van der Waals surface area (Å²) in [5.41, 5.74) is 5.75. The van der Waals surface area contributed by atoms with Crippen LogP contribution in [0, 0.1) is 0 Å². The lowest BCUT2D eigenvalue weighted by Gasteiger charge is -2.11. The maximum atomic E-state index is 11.9. The molecule has 6 aromatic carbocycles. The van der Waals surface area contributed by atoms with Gasteiger partial charge in [0, 0.05) is 25.2 Å². The largest absolute Gasteiger partial charge is 0.507 e. The molecule has 0 aliphatic heterocycles. The third-order valence-electron chi connectivity index (χ3n) is 7.79. The summed E-state index contributed by atoms with van der Waals surface area (Å²) in [7, 11) is 3.44. The van der Waals surface area contributed by atoms with Crippen molar-refractivity contribution in [2.45, 2.75) is 6.92 Å². The van der Waals surface area contributed by atoms with Crippen LogP contribution in [0.4, 0.5) is 0 Å². The monoisotopic (exact) mass is 609 g/mol. The zero-order chi connectivity index (χ0) is 33.0. The molecule has 0 aliphatic rings. The lowest BCUT2D eigenvalue weighted by molar-refractivity contribution is 0.0827. The fraction of sp³-hybridized carbons (Fsp3) is 0.0769.